The predicted octanol–water partition coefficient (Wildman–Crippen LogP) is 2.96. The highest BCUT2D eigenvalue weighted by molar-refractivity contribution is 5.26. The molecule has 0 amide bonds. The van der Waals surface area contributed by atoms with Crippen molar-refractivity contribution in [2.75, 3.05) is 13.1 Å². The van der Waals surface area contributed by atoms with E-state index in [2.05, 4.69) is 26.1 Å². The SMILES string of the molecule is CCNCC(C)(CC)Cc1ccc(O)cc1. The van der Waals surface area contributed by atoms with Gasteiger partial charge < -0.3 is 10.4 Å². The average molecular weight is 221 g/mol. The molecule has 2 nitrogen and oxygen atoms in total. The van der Waals surface area contributed by atoms with Crippen LogP contribution in [0.5, 0.6) is 5.75 Å². The second-order valence-corrected chi connectivity index (χ2v) is 4.79. The van der Waals surface area contributed by atoms with Crippen LogP contribution in [0, 0.1) is 5.41 Å². The molecule has 1 aromatic carbocycles. The summed E-state index contributed by atoms with van der Waals surface area (Å²) in [6.45, 7) is 8.74. The first-order valence-electron chi connectivity index (χ1n) is 6.08. The van der Waals surface area contributed by atoms with Crippen molar-refractivity contribution in [2.24, 2.45) is 5.41 Å². The fourth-order valence-electron chi connectivity index (χ4n) is 1.85. The summed E-state index contributed by atoms with van der Waals surface area (Å²) in [7, 11) is 0. The van der Waals surface area contributed by atoms with Gasteiger partial charge in [-0.05, 0) is 42.5 Å². The van der Waals surface area contributed by atoms with Crippen molar-refractivity contribution in [1.82, 2.24) is 5.32 Å². The maximum atomic E-state index is 9.24. The van der Waals surface area contributed by atoms with E-state index in [4.69, 9.17) is 0 Å². The molecule has 0 spiro atoms. The summed E-state index contributed by atoms with van der Waals surface area (Å²) in [5.74, 6) is 0.341. The molecule has 2 heteroatoms. The summed E-state index contributed by atoms with van der Waals surface area (Å²) >= 11 is 0. The highest BCUT2D eigenvalue weighted by atomic mass is 16.3. The Morgan fingerprint density at radius 1 is 1.19 bits per heavy atom. The minimum absolute atomic E-state index is 0.299. The molecule has 0 aliphatic carbocycles. The molecular formula is C14H23NO. The minimum Gasteiger partial charge on any atom is -0.508 e. The summed E-state index contributed by atoms with van der Waals surface area (Å²) in [4.78, 5) is 0. The van der Waals surface area contributed by atoms with E-state index in [0.29, 0.717) is 11.2 Å². The third-order valence-electron chi connectivity index (χ3n) is 3.22. The zero-order valence-electron chi connectivity index (χ0n) is 10.6. The average Bonchev–Trinajstić information content (AvgIpc) is 2.30. The first-order chi connectivity index (χ1) is 7.59. The van der Waals surface area contributed by atoms with Crippen molar-refractivity contribution in [3.05, 3.63) is 29.8 Å². The Morgan fingerprint density at radius 2 is 1.81 bits per heavy atom. The van der Waals surface area contributed by atoms with Crippen LogP contribution in [0.3, 0.4) is 0 Å². The molecule has 0 radical (unpaired) electrons. The van der Waals surface area contributed by atoms with E-state index >= 15 is 0 Å². The number of phenolic OH excluding ortho intramolecular Hbond substituents is 1. The van der Waals surface area contributed by atoms with Crippen LogP contribution in [0.4, 0.5) is 0 Å². The number of aromatic hydroxyl groups is 1. The van der Waals surface area contributed by atoms with E-state index in [0.717, 1.165) is 25.9 Å². The van der Waals surface area contributed by atoms with Gasteiger partial charge in [0, 0.05) is 6.54 Å². The van der Waals surface area contributed by atoms with Gasteiger partial charge in [-0.2, -0.15) is 0 Å². The van der Waals surface area contributed by atoms with Crippen molar-refractivity contribution < 1.29 is 5.11 Å². The Balaban J connectivity index is 2.64. The molecular weight excluding hydrogens is 198 g/mol. The van der Waals surface area contributed by atoms with Gasteiger partial charge in [0.25, 0.3) is 0 Å². The number of nitrogens with one attached hydrogen (secondary N) is 1. The van der Waals surface area contributed by atoms with Gasteiger partial charge in [-0.1, -0.05) is 32.9 Å². The largest absolute Gasteiger partial charge is 0.508 e. The molecule has 0 aliphatic heterocycles. The van der Waals surface area contributed by atoms with Gasteiger partial charge >= 0.3 is 0 Å². The van der Waals surface area contributed by atoms with Gasteiger partial charge in [0.15, 0.2) is 0 Å². The van der Waals surface area contributed by atoms with Crippen LogP contribution in [-0.2, 0) is 6.42 Å². The van der Waals surface area contributed by atoms with Crippen molar-refractivity contribution in [3.63, 3.8) is 0 Å². The van der Waals surface area contributed by atoms with Crippen LogP contribution >= 0.6 is 0 Å². The van der Waals surface area contributed by atoms with E-state index in [1.807, 2.05) is 12.1 Å². The van der Waals surface area contributed by atoms with Gasteiger partial charge in [0.05, 0.1) is 0 Å². The summed E-state index contributed by atoms with van der Waals surface area (Å²) in [5.41, 5.74) is 1.59. The van der Waals surface area contributed by atoms with Crippen LogP contribution in [0.2, 0.25) is 0 Å². The Hall–Kier alpha value is -1.02. The number of hydrogen-bond donors (Lipinski definition) is 2. The molecule has 1 rings (SSSR count). The van der Waals surface area contributed by atoms with Crippen molar-refractivity contribution in [1.29, 1.82) is 0 Å². The predicted molar refractivity (Wildman–Crippen MR) is 68.8 cm³/mol. The van der Waals surface area contributed by atoms with Crippen molar-refractivity contribution in [3.8, 4) is 5.75 Å². The second kappa shape index (κ2) is 5.90. The van der Waals surface area contributed by atoms with Gasteiger partial charge in [-0.25, -0.2) is 0 Å². The summed E-state index contributed by atoms with van der Waals surface area (Å²) in [6, 6.07) is 7.54. The monoisotopic (exact) mass is 221 g/mol. The molecule has 90 valence electrons. The minimum atomic E-state index is 0.299. The van der Waals surface area contributed by atoms with Crippen LogP contribution in [0.1, 0.15) is 32.8 Å². The van der Waals surface area contributed by atoms with E-state index < -0.39 is 0 Å². The summed E-state index contributed by atoms with van der Waals surface area (Å²) in [6.07, 6.45) is 2.21. The molecule has 0 aliphatic rings. The topological polar surface area (TPSA) is 32.3 Å². The zero-order valence-corrected chi connectivity index (χ0v) is 10.6. The van der Waals surface area contributed by atoms with Gasteiger partial charge in [0.2, 0.25) is 0 Å². The fraction of sp³-hybridized carbons (Fsp3) is 0.571. The van der Waals surface area contributed by atoms with Gasteiger partial charge in [0.1, 0.15) is 5.75 Å². The quantitative estimate of drug-likeness (QED) is 0.774. The molecule has 0 saturated carbocycles. The third-order valence-corrected chi connectivity index (χ3v) is 3.22. The smallest absolute Gasteiger partial charge is 0.115 e. The lowest BCUT2D eigenvalue weighted by atomic mass is 9.81. The number of rotatable bonds is 6. The number of hydrogen-bond acceptors (Lipinski definition) is 2. The van der Waals surface area contributed by atoms with Crippen LogP contribution in [0.15, 0.2) is 24.3 Å². The molecule has 1 unspecified atom stereocenters. The Bertz CT molecular complexity index is 307. The highest BCUT2D eigenvalue weighted by Crippen LogP contribution is 2.26. The third kappa shape index (κ3) is 3.86. The first kappa shape index (κ1) is 13.0. The lowest BCUT2D eigenvalue weighted by molar-refractivity contribution is 0.293. The van der Waals surface area contributed by atoms with Gasteiger partial charge in [-0.15, -0.1) is 0 Å². The van der Waals surface area contributed by atoms with E-state index in [1.165, 1.54) is 5.56 Å². The van der Waals surface area contributed by atoms with Crippen molar-refractivity contribution >= 4 is 0 Å². The highest BCUT2D eigenvalue weighted by Gasteiger charge is 2.21. The molecule has 0 bridgehead atoms. The van der Waals surface area contributed by atoms with Crippen LogP contribution in [-0.4, -0.2) is 18.2 Å². The molecule has 16 heavy (non-hydrogen) atoms. The maximum Gasteiger partial charge on any atom is 0.115 e. The molecule has 0 fully saturated rings. The van der Waals surface area contributed by atoms with E-state index in [1.54, 1.807) is 12.1 Å². The molecule has 0 saturated heterocycles. The maximum absolute atomic E-state index is 9.24. The van der Waals surface area contributed by atoms with Gasteiger partial charge in [-0.3, -0.25) is 0 Å². The molecule has 0 aromatic heterocycles. The van der Waals surface area contributed by atoms with E-state index in [-0.39, 0.29) is 0 Å². The lowest BCUT2D eigenvalue weighted by Crippen LogP contribution is -2.33. The molecule has 1 aromatic rings. The summed E-state index contributed by atoms with van der Waals surface area (Å²) in [5, 5.41) is 12.7. The molecule has 1 atom stereocenters. The van der Waals surface area contributed by atoms with Crippen LogP contribution in [0.25, 0.3) is 0 Å². The Morgan fingerprint density at radius 3 is 2.31 bits per heavy atom. The first-order valence-corrected chi connectivity index (χ1v) is 6.08. The second-order valence-electron chi connectivity index (χ2n) is 4.79. The lowest BCUT2D eigenvalue weighted by Gasteiger charge is -2.28. The zero-order chi connectivity index (χ0) is 12.0. The normalized spacial score (nSPS) is 14.7. The van der Waals surface area contributed by atoms with Crippen LogP contribution < -0.4 is 5.32 Å². The standard InChI is InChI=1S/C14H23NO/c1-4-14(3,11-15-5-2)10-12-6-8-13(16)9-7-12/h6-9,15-16H,4-5,10-11H2,1-3H3. The number of phenols is 1. The molecule has 0 heterocycles. The Labute approximate surface area is 98.7 Å². The van der Waals surface area contributed by atoms with Crippen molar-refractivity contribution in [2.45, 2.75) is 33.6 Å². The Kier molecular flexibility index (Phi) is 4.81. The summed E-state index contributed by atoms with van der Waals surface area (Å²) < 4.78 is 0. The number of benzene rings is 1. The van der Waals surface area contributed by atoms with E-state index in [9.17, 15) is 5.11 Å². The molecule has 2 N–H and O–H groups in total. The fourth-order valence-corrected chi connectivity index (χ4v) is 1.85.